The molecule has 0 spiro atoms. The molecule has 0 saturated carbocycles. The lowest BCUT2D eigenvalue weighted by Crippen LogP contribution is -2.47. The number of carbonyl (C=O) groups is 2. The maximum atomic E-state index is 12.8. The van der Waals surface area contributed by atoms with E-state index in [1.807, 2.05) is 11.9 Å². The van der Waals surface area contributed by atoms with Crippen LogP contribution >= 0.6 is 11.3 Å². The number of Topliss-reactive ketones (excluding diaryl/α,β-unsaturated/α-hetero) is 1. The zero-order valence-corrected chi connectivity index (χ0v) is 16.1. The minimum atomic E-state index is -0.0496. The highest BCUT2D eigenvalue weighted by atomic mass is 32.1. The highest BCUT2D eigenvalue weighted by molar-refractivity contribution is 7.12. The molecule has 1 aliphatic rings. The first-order valence-corrected chi connectivity index (χ1v) is 9.49. The molecule has 6 nitrogen and oxygen atoms in total. The fourth-order valence-electron chi connectivity index (χ4n) is 3.34. The first-order chi connectivity index (χ1) is 11.9. The maximum Gasteiger partial charge on any atom is 0.254 e. The van der Waals surface area contributed by atoms with Crippen LogP contribution in [0, 0.1) is 11.8 Å². The highest BCUT2D eigenvalue weighted by Gasteiger charge is 2.31. The zero-order chi connectivity index (χ0) is 18.4. The van der Waals surface area contributed by atoms with Crippen LogP contribution in [-0.2, 0) is 4.74 Å². The van der Waals surface area contributed by atoms with E-state index in [9.17, 15) is 14.7 Å². The van der Waals surface area contributed by atoms with E-state index in [-0.39, 0.29) is 24.2 Å². The number of aliphatic hydroxyl groups excluding tert-OH is 1. The Balaban J connectivity index is 2.02. The van der Waals surface area contributed by atoms with Gasteiger partial charge in [0.15, 0.2) is 5.78 Å². The van der Waals surface area contributed by atoms with Gasteiger partial charge >= 0.3 is 0 Å². The van der Waals surface area contributed by atoms with E-state index in [0.29, 0.717) is 36.1 Å². The van der Waals surface area contributed by atoms with E-state index in [1.54, 1.807) is 18.6 Å². The fourth-order valence-corrected chi connectivity index (χ4v) is 4.13. The predicted molar refractivity (Wildman–Crippen MR) is 98.3 cm³/mol. The predicted octanol–water partition coefficient (Wildman–Crippen LogP) is 1.60. The molecule has 1 fully saturated rings. The summed E-state index contributed by atoms with van der Waals surface area (Å²) in [4.78, 5) is 28.9. The Labute approximate surface area is 153 Å². The topological polar surface area (TPSA) is 70.1 Å². The minimum Gasteiger partial charge on any atom is -0.396 e. The lowest BCUT2D eigenvalue weighted by atomic mass is 9.89. The van der Waals surface area contributed by atoms with Crippen LogP contribution in [0.1, 0.15) is 33.4 Å². The van der Waals surface area contributed by atoms with Crippen molar-refractivity contribution in [2.24, 2.45) is 11.8 Å². The van der Waals surface area contributed by atoms with E-state index < -0.39 is 0 Å². The van der Waals surface area contributed by atoms with E-state index in [1.165, 1.54) is 18.3 Å². The molecule has 1 aliphatic heterocycles. The van der Waals surface area contributed by atoms with Crippen molar-refractivity contribution in [3.05, 3.63) is 21.9 Å². The molecule has 0 unspecified atom stereocenters. The molecule has 2 rings (SSSR count). The molecular weight excluding hydrogens is 340 g/mol. The maximum absolute atomic E-state index is 12.8. The third-order valence-corrected chi connectivity index (χ3v) is 5.64. The Bertz CT molecular complexity index is 589. The van der Waals surface area contributed by atoms with Crippen molar-refractivity contribution in [2.45, 2.75) is 13.3 Å². The molecule has 2 heterocycles. The van der Waals surface area contributed by atoms with Crippen molar-refractivity contribution < 1.29 is 19.4 Å². The van der Waals surface area contributed by atoms with Gasteiger partial charge in [0.25, 0.3) is 5.91 Å². The number of rotatable bonds is 8. The second-order valence-electron chi connectivity index (χ2n) is 6.87. The van der Waals surface area contributed by atoms with Crippen LogP contribution in [0.2, 0.25) is 0 Å². The number of ether oxygens (including phenoxy) is 1. The van der Waals surface area contributed by atoms with Crippen LogP contribution in [0.5, 0.6) is 0 Å². The number of carbonyl (C=O) groups excluding carboxylic acids is 2. The van der Waals surface area contributed by atoms with Gasteiger partial charge in [-0.05, 0) is 38.3 Å². The molecule has 140 valence electrons. The zero-order valence-electron chi connectivity index (χ0n) is 15.2. The number of ketones is 1. The number of thiophene rings is 1. The summed E-state index contributed by atoms with van der Waals surface area (Å²) in [5.41, 5.74) is 0.570. The molecule has 1 N–H and O–H groups in total. The van der Waals surface area contributed by atoms with Crippen LogP contribution in [-0.4, -0.2) is 80.1 Å². The lowest BCUT2D eigenvalue weighted by Gasteiger charge is -2.38. The Morgan fingerprint density at radius 3 is 2.72 bits per heavy atom. The average Bonchev–Trinajstić information content (AvgIpc) is 3.09. The van der Waals surface area contributed by atoms with Gasteiger partial charge in [-0.1, -0.05) is 0 Å². The van der Waals surface area contributed by atoms with Crippen LogP contribution in [0.15, 0.2) is 11.4 Å². The Morgan fingerprint density at radius 1 is 1.40 bits per heavy atom. The number of nitrogens with zero attached hydrogens (tertiary/aromatic N) is 2. The number of methoxy groups -OCH3 is 1. The third kappa shape index (κ3) is 5.60. The first-order valence-electron chi connectivity index (χ1n) is 8.61. The molecule has 0 radical (unpaired) electrons. The van der Waals surface area contributed by atoms with E-state index in [4.69, 9.17) is 4.74 Å². The van der Waals surface area contributed by atoms with Crippen molar-refractivity contribution >= 4 is 23.0 Å². The summed E-state index contributed by atoms with van der Waals surface area (Å²) in [5.74, 6) is 0.354. The monoisotopic (exact) mass is 368 g/mol. The van der Waals surface area contributed by atoms with Gasteiger partial charge in [-0.25, -0.2) is 0 Å². The molecule has 0 bridgehead atoms. The number of amides is 1. The van der Waals surface area contributed by atoms with Gasteiger partial charge in [0.05, 0.1) is 17.0 Å². The van der Waals surface area contributed by atoms with Gasteiger partial charge in [-0.3, -0.25) is 9.59 Å². The van der Waals surface area contributed by atoms with Gasteiger partial charge in [-0.2, -0.15) is 0 Å². The van der Waals surface area contributed by atoms with Crippen LogP contribution in [0.25, 0.3) is 0 Å². The molecule has 0 aliphatic carbocycles. The minimum absolute atomic E-state index is 0.0198. The molecule has 25 heavy (non-hydrogen) atoms. The normalized spacial score (nSPS) is 20.9. The molecule has 7 heteroatoms. The smallest absolute Gasteiger partial charge is 0.254 e. The SMILES string of the molecule is COCCN(C)C[C@@H]1C[C@@H](CO)CN(C(=O)c2csc(C(C)=O)c2)C1. The van der Waals surface area contributed by atoms with Gasteiger partial charge in [0, 0.05) is 45.3 Å². The molecule has 1 aromatic heterocycles. The molecule has 0 aromatic carbocycles. The second-order valence-corrected chi connectivity index (χ2v) is 7.78. The van der Waals surface area contributed by atoms with Crippen LogP contribution in [0.4, 0.5) is 0 Å². The quantitative estimate of drug-likeness (QED) is 0.706. The lowest BCUT2D eigenvalue weighted by molar-refractivity contribution is 0.0451. The summed E-state index contributed by atoms with van der Waals surface area (Å²) in [7, 11) is 3.73. The number of hydrogen-bond donors (Lipinski definition) is 1. The average molecular weight is 368 g/mol. The Morgan fingerprint density at radius 2 is 2.12 bits per heavy atom. The summed E-state index contributed by atoms with van der Waals surface area (Å²) >= 11 is 1.31. The van der Waals surface area contributed by atoms with Gasteiger partial charge in [0.1, 0.15) is 0 Å². The summed E-state index contributed by atoms with van der Waals surface area (Å²) < 4.78 is 5.11. The summed E-state index contributed by atoms with van der Waals surface area (Å²) in [6.45, 7) is 5.23. The van der Waals surface area contributed by atoms with Crippen LogP contribution in [0.3, 0.4) is 0 Å². The Hall–Kier alpha value is -1.28. The van der Waals surface area contributed by atoms with Gasteiger partial charge < -0.3 is 19.6 Å². The molecule has 1 aromatic rings. The van der Waals surface area contributed by atoms with E-state index >= 15 is 0 Å². The summed E-state index contributed by atoms with van der Waals surface area (Å²) in [6.07, 6.45) is 0.917. The van der Waals surface area contributed by atoms with Crippen LogP contribution < -0.4 is 0 Å². The van der Waals surface area contributed by atoms with E-state index in [2.05, 4.69) is 4.90 Å². The Kier molecular flexibility index (Phi) is 7.56. The molecule has 1 saturated heterocycles. The van der Waals surface area contributed by atoms with Crippen molar-refractivity contribution in [3.8, 4) is 0 Å². The number of aliphatic hydroxyl groups is 1. The number of likely N-dealkylation sites (N-methyl/N-ethyl adjacent to an activating group) is 1. The van der Waals surface area contributed by atoms with E-state index in [0.717, 1.165) is 19.5 Å². The molecule has 1 amide bonds. The summed E-state index contributed by atoms with van der Waals surface area (Å²) in [5, 5.41) is 11.4. The fraction of sp³-hybridized carbons (Fsp3) is 0.667. The molecule has 2 atom stereocenters. The first kappa shape index (κ1) is 20.0. The number of piperidine rings is 1. The molecular formula is C18H28N2O4S. The third-order valence-electron chi connectivity index (χ3n) is 4.61. The van der Waals surface area contributed by atoms with Crippen molar-refractivity contribution in [1.82, 2.24) is 9.80 Å². The standard InChI is InChI=1S/C18H28N2O4S/c1-13(22)17-7-16(12-25-17)18(23)20-9-14(6-15(10-20)11-21)8-19(2)4-5-24-3/h7,12,14-15,21H,4-6,8-11H2,1-3H3/t14-,15+/m0/s1. The second kappa shape index (κ2) is 9.43. The van der Waals surface area contributed by atoms with Gasteiger partial charge in [-0.15, -0.1) is 11.3 Å². The van der Waals surface area contributed by atoms with Crippen molar-refractivity contribution in [2.75, 3.05) is 53.6 Å². The highest BCUT2D eigenvalue weighted by Crippen LogP contribution is 2.25. The van der Waals surface area contributed by atoms with Crippen molar-refractivity contribution in [1.29, 1.82) is 0 Å². The number of hydrogen-bond acceptors (Lipinski definition) is 6. The van der Waals surface area contributed by atoms with Crippen molar-refractivity contribution in [3.63, 3.8) is 0 Å². The summed E-state index contributed by atoms with van der Waals surface area (Å²) in [6, 6.07) is 1.68. The largest absolute Gasteiger partial charge is 0.396 e. The number of likely N-dealkylation sites (tertiary alicyclic amines) is 1. The van der Waals surface area contributed by atoms with Gasteiger partial charge in [0.2, 0.25) is 0 Å².